The highest BCUT2D eigenvalue weighted by atomic mass is 35.5. The van der Waals surface area contributed by atoms with E-state index in [9.17, 15) is 16.8 Å². The first kappa shape index (κ1) is 18.1. The smallest absolute Gasteiger partial charge is 0.263 e. The van der Waals surface area contributed by atoms with Crippen LogP contribution in [0, 0.1) is 6.92 Å². The minimum Gasteiger partial charge on any atom is -0.279 e. The Morgan fingerprint density at radius 2 is 1.61 bits per heavy atom. The summed E-state index contributed by atoms with van der Waals surface area (Å²) < 4.78 is 50.6. The van der Waals surface area contributed by atoms with Gasteiger partial charge in [0.2, 0.25) is 0 Å². The van der Waals surface area contributed by atoms with Crippen LogP contribution in [0.25, 0.3) is 0 Å². The van der Waals surface area contributed by atoms with Crippen molar-refractivity contribution in [3.8, 4) is 0 Å². The zero-order valence-electron chi connectivity index (χ0n) is 12.2. The maximum Gasteiger partial charge on any atom is 0.263 e. The van der Waals surface area contributed by atoms with E-state index in [1.807, 2.05) is 0 Å². The molecule has 0 aliphatic heterocycles. The van der Waals surface area contributed by atoms with Gasteiger partial charge >= 0.3 is 0 Å². The van der Waals surface area contributed by atoms with Crippen LogP contribution in [0.3, 0.4) is 0 Å². The largest absolute Gasteiger partial charge is 0.279 e. The summed E-state index contributed by atoms with van der Waals surface area (Å²) in [6, 6.07) is 8.27. The van der Waals surface area contributed by atoms with E-state index in [0.717, 1.165) is 12.3 Å². The van der Waals surface area contributed by atoms with Crippen molar-refractivity contribution >= 4 is 48.7 Å². The topological polar surface area (TPSA) is 80.3 Å². The van der Waals surface area contributed by atoms with E-state index in [4.69, 9.17) is 23.2 Å². The maximum absolute atomic E-state index is 12.5. The Labute approximate surface area is 145 Å². The van der Waals surface area contributed by atoms with Crippen molar-refractivity contribution in [1.82, 2.24) is 0 Å². The standard InChI is InChI=1S/C14H13Cl2NO4S2/c1-9-3-4-10(15)7-13(9)17-23(20,21)14-8-11(22(2,18)19)5-6-12(14)16/h3-8,17H,1-2H3. The van der Waals surface area contributed by atoms with E-state index in [-0.39, 0.29) is 14.8 Å². The van der Waals surface area contributed by atoms with Gasteiger partial charge in [-0.3, -0.25) is 4.72 Å². The van der Waals surface area contributed by atoms with Gasteiger partial charge in [0.15, 0.2) is 9.84 Å². The van der Waals surface area contributed by atoms with Crippen molar-refractivity contribution in [3.05, 3.63) is 52.0 Å². The van der Waals surface area contributed by atoms with Crippen LogP contribution < -0.4 is 4.72 Å². The number of sulfonamides is 1. The van der Waals surface area contributed by atoms with Crippen molar-refractivity contribution in [2.75, 3.05) is 11.0 Å². The SMILES string of the molecule is Cc1ccc(Cl)cc1NS(=O)(=O)c1cc(S(C)(=O)=O)ccc1Cl. The fraction of sp³-hybridized carbons (Fsp3) is 0.143. The van der Waals surface area contributed by atoms with Crippen LogP contribution in [-0.2, 0) is 19.9 Å². The van der Waals surface area contributed by atoms with Crippen molar-refractivity contribution in [1.29, 1.82) is 0 Å². The molecular weight excluding hydrogens is 381 g/mol. The molecule has 124 valence electrons. The third-order valence-corrected chi connectivity index (χ3v) is 6.26. The van der Waals surface area contributed by atoms with E-state index in [1.54, 1.807) is 19.1 Å². The van der Waals surface area contributed by atoms with Gasteiger partial charge in [0.25, 0.3) is 10.0 Å². The molecule has 5 nitrogen and oxygen atoms in total. The quantitative estimate of drug-likeness (QED) is 0.861. The molecule has 0 saturated heterocycles. The van der Waals surface area contributed by atoms with Crippen molar-refractivity contribution in [3.63, 3.8) is 0 Å². The molecule has 0 amide bonds. The number of rotatable bonds is 4. The normalized spacial score (nSPS) is 12.2. The number of anilines is 1. The molecular formula is C14H13Cl2NO4S2. The summed E-state index contributed by atoms with van der Waals surface area (Å²) in [6.45, 7) is 1.71. The van der Waals surface area contributed by atoms with Crippen molar-refractivity contribution in [2.24, 2.45) is 0 Å². The molecule has 23 heavy (non-hydrogen) atoms. The second-order valence-electron chi connectivity index (χ2n) is 4.93. The Hall–Kier alpha value is -1.28. The number of hydrogen-bond acceptors (Lipinski definition) is 4. The van der Waals surface area contributed by atoms with E-state index in [2.05, 4.69) is 4.72 Å². The van der Waals surface area contributed by atoms with Gasteiger partial charge in [0, 0.05) is 11.3 Å². The summed E-state index contributed by atoms with van der Waals surface area (Å²) in [6.07, 6.45) is 0.987. The molecule has 0 fully saturated rings. The molecule has 0 aromatic heterocycles. The van der Waals surface area contributed by atoms with Gasteiger partial charge in [-0.05, 0) is 42.8 Å². The fourth-order valence-corrected chi connectivity index (χ4v) is 4.37. The highest BCUT2D eigenvalue weighted by Gasteiger charge is 2.21. The first-order valence-corrected chi connectivity index (χ1v) is 10.4. The second kappa shape index (κ2) is 6.32. The Morgan fingerprint density at radius 1 is 0.957 bits per heavy atom. The van der Waals surface area contributed by atoms with E-state index in [0.29, 0.717) is 16.3 Å². The lowest BCUT2D eigenvalue weighted by Crippen LogP contribution is -2.15. The molecule has 0 atom stereocenters. The monoisotopic (exact) mass is 393 g/mol. The number of halogens is 2. The Bertz CT molecular complexity index is 970. The van der Waals surface area contributed by atoms with Crippen LogP contribution >= 0.6 is 23.2 Å². The second-order valence-corrected chi connectivity index (χ2v) is 9.44. The molecule has 9 heteroatoms. The van der Waals surface area contributed by atoms with Gasteiger partial charge in [0.1, 0.15) is 4.90 Å². The lowest BCUT2D eigenvalue weighted by molar-refractivity contribution is 0.599. The minimum absolute atomic E-state index is 0.0791. The van der Waals surface area contributed by atoms with Crippen LogP contribution in [0.4, 0.5) is 5.69 Å². The van der Waals surface area contributed by atoms with Crippen LogP contribution in [0.2, 0.25) is 10.0 Å². The molecule has 0 bridgehead atoms. The number of hydrogen-bond donors (Lipinski definition) is 1. The number of aryl methyl sites for hydroxylation is 1. The average Bonchev–Trinajstić information content (AvgIpc) is 2.41. The van der Waals surface area contributed by atoms with E-state index >= 15 is 0 Å². The van der Waals surface area contributed by atoms with Crippen LogP contribution in [0.1, 0.15) is 5.56 Å². The molecule has 0 spiro atoms. The summed E-state index contributed by atoms with van der Waals surface area (Å²) in [5.74, 6) is 0. The first-order chi connectivity index (χ1) is 10.5. The Morgan fingerprint density at radius 3 is 2.22 bits per heavy atom. The molecule has 2 rings (SSSR count). The highest BCUT2D eigenvalue weighted by molar-refractivity contribution is 7.93. The number of benzene rings is 2. The predicted molar refractivity (Wildman–Crippen MR) is 91.6 cm³/mol. The van der Waals surface area contributed by atoms with Crippen molar-refractivity contribution in [2.45, 2.75) is 16.7 Å². The zero-order valence-corrected chi connectivity index (χ0v) is 15.3. The highest BCUT2D eigenvalue weighted by Crippen LogP contribution is 2.28. The number of nitrogens with one attached hydrogen (secondary N) is 1. The van der Waals surface area contributed by atoms with Gasteiger partial charge < -0.3 is 0 Å². The Balaban J connectivity index is 2.54. The van der Waals surface area contributed by atoms with E-state index < -0.39 is 19.9 Å². The van der Waals surface area contributed by atoms with Crippen LogP contribution in [-0.4, -0.2) is 23.1 Å². The zero-order chi connectivity index (χ0) is 17.4. The number of sulfone groups is 1. The summed E-state index contributed by atoms with van der Waals surface area (Å²) in [7, 11) is -7.63. The molecule has 2 aromatic carbocycles. The van der Waals surface area contributed by atoms with Gasteiger partial charge in [-0.2, -0.15) is 0 Å². The molecule has 1 N–H and O–H groups in total. The summed E-state index contributed by atoms with van der Waals surface area (Å²) in [5, 5.41) is 0.286. The average molecular weight is 394 g/mol. The van der Waals surface area contributed by atoms with Gasteiger partial charge in [-0.25, -0.2) is 16.8 Å². The van der Waals surface area contributed by atoms with Gasteiger partial charge in [-0.15, -0.1) is 0 Å². The lowest BCUT2D eigenvalue weighted by Gasteiger charge is -2.12. The maximum atomic E-state index is 12.5. The molecule has 0 aliphatic carbocycles. The van der Waals surface area contributed by atoms with Crippen molar-refractivity contribution < 1.29 is 16.8 Å². The molecule has 0 unspecified atom stereocenters. The van der Waals surface area contributed by atoms with Crippen LogP contribution in [0.15, 0.2) is 46.2 Å². The molecule has 0 aliphatic rings. The third-order valence-electron chi connectivity index (χ3n) is 3.06. The molecule has 0 radical (unpaired) electrons. The lowest BCUT2D eigenvalue weighted by atomic mass is 10.2. The molecule has 2 aromatic rings. The van der Waals surface area contributed by atoms with E-state index in [1.165, 1.54) is 18.2 Å². The first-order valence-electron chi connectivity index (χ1n) is 6.29. The van der Waals surface area contributed by atoms with Gasteiger partial charge in [0.05, 0.1) is 15.6 Å². The van der Waals surface area contributed by atoms with Crippen LogP contribution in [0.5, 0.6) is 0 Å². The molecule has 0 heterocycles. The minimum atomic E-state index is -4.07. The summed E-state index contributed by atoms with van der Waals surface area (Å²) in [5.41, 5.74) is 0.951. The Kier molecular flexibility index (Phi) is 4.96. The van der Waals surface area contributed by atoms with Gasteiger partial charge in [-0.1, -0.05) is 29.3 Å². The fourth-order valence-electron chi connectivity index (χ4n) is 1.82. The summed E-state index contributed by atoms with van der Waals surface area (Å²) in [4.78, 5) is -0.452. The summed E-state index contributed by atoms with van der Waals surface area (Å²) >= 11 is 11.8. The third kappa shape index (κ3) is 4.17. The molecule has 0 saturated carbocycles. The predicted octanol–water partition coefficient (Wildman–Crippen LogP) is 3.51.